The largest absolute Gasteiger partial charge is 0.348 e. The van der Waals surface area contributed by atoms with Gasteiger partial charge in [0.1, 0.15) is 5.82 Å². The van der Waals surface area contributed by atoms with Crippen LogP contribution in [0.1, 0.15) is 43.7 Å². The summed E-state index contributed by atoms with van der Waals surface area (Å²) in [6.07, 6.45) is 0.895. The molecule has 1 aliphatic rings. The van der Waals surface area contributed by atoms with E-state index in [0.717, 1.165) is 30.1 Å². The Balaban J connectivity index is 1.72. The molecule has 0 spiro atoms. The van der Waals surface area contributed by atoms with Gasteiger partial charge < -0.3 is 10.6 Å². The first-order valence-corrected chi connectivity index (χ1v) is 10.1. The minimum absolute atomic E-state index is 0.0876. The number of Topliss-reactive ketones (excluding diaryl/α,β-unsaturated/α-hetero) is 1. The number of halogens is 1. The van der Waals surface area contributed by atoms with Crippen LogP contribution in [-0.4, -0.2) is 35.1 Å². The van der Waals surface area contributed by atoms with E-state index in [-0.39, 0.29) is 29.0 Å². The average molecular weight is 392 g/mol. The highest BCUT2D eigenvalue weighted by atomic mass is 32.2. The third-order valence-electron chi connectivity index (χ3n) is 3.89. The van der Waals surface area contributed by atoms with Gasteiger partial charge in [0.05, 0.1) is 10.4 Å². The van der Waals surface area contributed by atoms with Gasteiger partial charge in [-0.3, -0.25) is 14.4 Å². The fraction of sp³-hybridized carbons (Fsp3) is 0.278. The smallest absolute Gasteiger partial charge is 0.256 e. The Labute approximate surface area is 158 Å². The van der Waals surface area contributed by atoms with Gasteiger partial charge in [-0.05, 0) is 43.4 Å². The average Bonchev–Trinajstić information content (AvgIpc) is 3.25. The van der Waals surface area contributed by atoms with Gasteiger partial charge in [0.15, 0.2) is 5.78 Å². The Morgan fingerprint density at radius 2 is 1.92 bits per heavy atom. The maximum Gasteiger partial charge on any atom is 0.256 e. The summed E-state index contributed by atoms with van der Waals surface area (Å²) in [5.41, 5.74) is 0.668. The van der Waals surface area contributed by atoms with Crippen LogP contribution >= 0.6 is 23.1 Å². The highest BCUT2D eigenvalue weighted by Gasteiger charge is 2.19. The molecule has 26 heavy (non-hydrogen) atoms. The number of amides is 2. The molecule has 8 heteroatoms. The van der Waals surface area contributed by atoms with E-state index in [2.05, 4.69) is 10.6 Å². The van der Waals surface area contributed by atoms with Crippen molar-refractivity contribution in [1.82, 2.24) is 5.32 Å². The van der Waals surface area contributed by atoms with Crippen molar-refractivity contribution < 1.29 is 18.8 Å². The highest BCUT2D eigenvalue weighted by molar-refractivity contribution is 7.99. The van der Waals surface area contributed by atoms with Crippen molar-refractivity contribution in [3.63, 3.8) is 0 Å². The lowest BCUT2D eigenvalue weighted by Gasteiger charge is -2.12. The van der Waals surface area contributed by atoms with E-state index >= 15 is 0 Å². The Kier molecular flexibility index (Phi) is 5.73. The topological polar surface area (TPSA) is 75.3 Å². The van der Waals surface area contributed by atoms with Crippen LogP contribution in [0.5, 0.6) is 0 Å². The maximum atomic E-state index is 13.9. The van der Waals surface area contributed by atoms with Crippen molar-refractivity contribution in [3.8, 4) is 0 Å². The first-order valence-electron chi connectivity index (χ1n) is 8.02. The molecule has 1 atom stereocenters. The molecule has 0 radical (unpaired) electrons. The van der Waals surface area contributed by atoms with E-state index in [0.29, 0.717) is 10.4 Å². The predicted molar refractivity (Wildman–Crippen MR) is 102 cm³/mol. The monoisotopic (exact) mass is 392 g/mol. The number of ketones is 1. The van der Waals surface area contributed by atoms with Gasteiger partial charge in [-0.2, -0.15) is 11.8 Å². The van der Waals surface area contributed by atoms with Crippen molar-refractivity contribution in [2.24, 2.45) is 0 Å². The normalized spacial score (nSPS) is 16.3. The summed E-state index contributed by atoms with van der Waals surface area (Å²) in [6, 6.07) is 5.32. The zero-order chi connectivity index (χ0) is 18.7. The van der Waals surface area contributed by atoms with Gasteiger partial charge >= 0.3 is 0 Å². The van der Waals surface area contributed by atoms with Crippen molar-refractivity contribution in [3.05, 3.63) is 51.5 Å². The summed E-state index contributed by atoms with van der Waals surface area (Å²) >= 11 is 2.94. The number of carbonyl (C=O) groups is 3. The van der Waals surface area contributed by atoms with E-state index in [1.165, 1.54) is 30.4 Å². The van der Waals surface area contributed by atoms with Crippen LogP contribution < -0.4 is 10.6 Å². The zero-order valence-corrected chi connectivity index (χ0v) is 15.6. The van der Waals surface area contributed by atoms with Crippen molar-refractivity contribution in [1.29, 1.82) is 0 Å². The van der Waals surface area contributed by atoms with Gasteiger partial charge in [0, 0.05) is 28.4 Å². The SMILES string of the molecule is CC(=O)c1cc(C(=O)Nc2cc(F)cc(C(=O)NC3CCSC3)c2)cs1. The molecule has 1 saturated heterocycles. The van der Waals surface area contributed by atoms with Gasteiger partial charge in [-0.1, -0.05) is 0 Å². The highest BCUT2D eigenvalue weighted by Crippen LogP contribution is 2.20. The van der Waals surface area contributed by atoms with E-state index in [9.17, 15) is 18.8 Å². The standard InChI is InChI=1S/C18H17FN2O3S2/c1-10(22)16-6-12(8-26-16)18(24)21-15-5-11(4-13(19)7-15)17(23)20-14-2-3-25-9-14/h4-8,14H,2-3,9H2,1H3,(H,20,23)(H,21,24). The second kappa shape index (κ2) is 8.01. The molecule has 0 saturated carbocycles. The Hall–Kier alpha value is -2.19. The lowest BCUT2D eigenvalue weighted by atomic mass is 10.1. The summed E-state index contributed by atoms with van der Waals surface area (Å²) in [5, 5.41) is 7.01. The molecular weight excluding hydrogens is 375 g/mol. The molecule has 5 nitrogen and oxygen atoms in total. The van der Waals surface area contributed by atoms with Crippen LogP contribution in [0.15, 0.2) is 29.6 Å². The number of thioether (sulfide) groups is 1. The molecule has 3 rings (SSSR count). The van der Waals surface area contributed by atoms with Crippen LogP contribution in [0.3, 0.4) is 0 Å². The summed E-state index contributed by atoms with van der Waals surface area (Å²) < 4.78 is 13.9. The third-order valence-corrected chi connectivity index (χ3v) is 6.08. The first-order chi connectivity index (χ1) is 12.4. The number of hydrogen-bond donors (Lipinski definition) is 2. The zero-order valence-electron chi connectivity index (χ0n) is 14.0. The van der Waals surface area contributed by atoms with E-state index in [1.807, 2.05) is 0 Å². The van der Waals surface area contributed by atoms with E-state index < -0.39 is 11.7 Å². The summed E-state index contributed by atoms with van der Waals surface area (Å²) in [4.78, 5) is 36.4. The van der Waals surface area contributed by atoms with Gasteiger partial charge in [-0.25, -0.2) is 4.39 Å². The molecule has 136 valence electrons. The van der Waals surface area contributed by atoms with Crippen LogP contribution in [0.4, 0.5) is 10.1 Å². The van der Waals surface area contributed by atoms with Gasteiger partial charge in [0.2, 0.25) is 0 Å². The molecule has 2 N–H and O–H groups in total. The van der Waals surface area contributed by atoms with Gasteiger partial charge in [-0.15, -0.1) is 11.3 Å². The predicted octanol–water partition coefficient (Wildman–Crippen LogP) is 3.58. The number of nitrogens with one attached hydrogen (secondary N) is 2. The van der Waals surface area contributed by atoms with Crippen molar-refractivity contribution in [2.75, 3.05) is 16.8 Å². The maximum absolute atomic E-state index is 13.9. The van der Waals surface area contributed by atoms with Gasteiger partial charge in [0.25, 0.3) is 11.8 Å². The Morgan fingerprint density at radius 3 is 2.58 bits per heavy atom. The molecule has 2 aromatic rings. The summed E-state index contributed by atoms with van der Waals surface area (Å²) in [7, 11) is 0. The number of thiophene rings is 1. The Morgan fingerprint density at radius 1 is 1.12 bits per heavy atom. The van der Waals surface area contributed by atoms with Crippen LogP contribution in [0.2, 0.25) is 0 Å². The molecule has 2 heterocycles. The number of anilines is 1. The minimum Gasteiger partial charge on any atom is -0.348 e. The number of rotatable bonds is 5. The third kappa shape index (κ3) is 4.50. The van der Waals surface area contributed by atoms with Crippen molar-refractivity contribution in [2.45, 2.75) is 19.4 Å². The lowest BCUT2D eigenvalue weighted by molar-refractivity contribution is 0.0938. The second-order valence-electron chi connectivity index (χ2n) is 5.97. The molecule has 0 bridgehead atoms. The number of benzene rings is 1. The Bertz CT molecular complexity index is 860. The first kappa shape index (κ1) is 18.6. The van der Waals surface area contributed by atoms with Crippen LogP contribution in [0, 0.1) is 5.82 Å². The fourth-order valence-electron chi connectivity index (χ4n) is 2.55. The molecule has 1 fully saturated rings. The number of carbonyl (C=O) groups excluding carboxylic acids is 3. The van der Waals surface area contributed by atoms with E-state index in [1.54, 1.807) is 17.1 Å². The molecular formula is C18H17FN2O3S2. The molecule has 1 aromatic carbocycles. The fourth-order valence-corrected chi connectivity index (χ4v) is 4.50. The lowest BCUT2D eigenvalue weighted by Crippen LogP contribution is -2.34. The molecule has 2 amide bonds. The van der Waals surface area contributed by atoms with E-state index in [4.69, 9.17) is 0 Å². The quantitative estimate of drug-likeness (QED) is 0.763. The summed E-state index contributed by atoms with van der Waals surface area (Å²) in [6.45, 7) is 1.42. The molecule has 1 aromatic heterocycles. The molecule has 1 unspecified atom stereocenters. The molecule has 1 aliphatic heterocycles. The van der Waals surface area contributed by atoms with Crippen molar-refractivity contribution >= 4 is 46.4 Å². The number of hydrogen-bond acceptors (Lipinski definition) is 5. The second-order valence-corrected chi connectivity index (χ2v) is 8.03. The summed E-state index contributed by atoms with van der Waals surface area (Å²) in [5.74, 6) is 0.298. The minimum atomic E-state index is -0.608. The van der Waals surface area contributed by atoms with Crippen LogP contribution in [0.25, 0.3) is 0 Å². The molecule has 0 aliphatic carbocycles. The van der Waals surface area contributed by atoms with Crippen LogP contribution in [-0.2, 0) is 0 Å².